The van der Waals surface area contributed by atoms with Crippen molar-refractivity contribution in [3.8, 4) is 0 Å². The number of imidazole rings is 1. The van der Waals surface area contributed by atoms with Crippen LogP contribution in [0.2, 0.25) is 0 Å². The Morgan fingerprint density at radius 3 is 2.80 bits per heavy atom. The molecule has 0 radical (unpaired) electrons. The van der Waals surface area contributed by atoms with Crippen LogP contribution in [0.3, 0.4) is 0 Å². The minimum atomic E-state index is -2.97. The van der Waals surface area contributed by atoms with E-state index in [0.717, 1.165) is 34.0 Å². The predicted molar refractivity (Wildman–Crippen MR) is 77.0 cm³/mol. The highest BCUT2D eigenvalue weighted by Crippen LogP contribution is 2.15. The Morgan fingerprint density at radius 1 is 1.35 bits per heavy atom. The van der Waals surface area contributed by atoms with Crippen LogP contribution in [-0.2, 0) is 10.0 Å². The van der Waals surface area contributed by atoms with Crippen LogP contribution >= 0.6 is 0 Å². The molecular formula is C14H21N3O2S+2. The molecule has 1 aliphatic heterocycles. The third-order valence-electron chi connectivity index (χ3n) is 4.03. The average molecular weight is 295 g/mol. The normalized spacial score (nSPS) is 22.9. The molecule has 2 heterocycles. The summed E-state index contributed by atoms with van der Waals surface area (Å²) in [6.07, 6.45) is 1.68. The van der Waals surface area contributed by atoms with Gasteiger partial charge in [-0.25, -0.2) is 14.3 Å². The molecule has 0 atom stereocenters. The first kappa shape index (κ1) is 13.6. The molecule has 0 spiro atoms. The minimum absolute atomic E-state index is 0.286. The fourth-order valence-corrected chi connectivity index (χ4v) is 4.52. The van der Waals surface area contributed by atoms with Crippen molar-refractivity contribution in [3.63, 3.8) is 0 Å². The van der Waals surface area contributed by atoms with Gasteiger partial charge in [0, 0.05) is 0 Å². The lowest BCUT2D eigenvalue weighted by Gasteiger charge is -2.31. The van der Waals surface area contributed by atoms with Gasteiger partial charge < -0.3 is 0 Å². The number of fused-ring (bicyclic) bond motifs is 1. The van der Waals surface area contributed by atoms with Crippen LogP contribution in [0.4, 0.5) is 0 Å². The molecule has 0 unspecified atom stereocenters. The van der Waals surface area contributed by atoms with Crippen molar-refractivity contribution in [2.45, 2.75) is 25.7 Å². The van der Waals surface area contributed by atoms with Gasteiger partial charge >= 0.3 is 0 Å². The maximum atomic E-state index is 12.1. The number of hydrogen-bond donors (Lipinski definition) is 2. The fourth-order valence-electron chi connectivity index (χ4n) is 2.65. The number of sulfonamides is 1. The number of unbranched alkanes of at least 4 members (excludes halogenated alkanes) is 1. The van der Waals surface area contributed by atoms with Crippen molar-refractivity contribution in [1.29, 1.82) is 0 Å². The van der Waals surface area contributed by atoms with Gasteiger partial charge in [0.2, 0.25) is 0 Å². The summed E-state index contributed by atoms with van der Waals surface area (Å²) in [5.41, 5.74) is 2.15. The van der Waals surface area contributed by atoms with Gasteiger partial charge in [-0.2, -0.15) is 8.42 Å². The van der Waals surface area contributed by atoms with E-state index in [2.05, 4.69) is 9.97 Å². The van der Waals surface area contributed by atoms with Gasteiger partial charge in [0.15, 0.2) is 17.0 Å². The van der Waals surface area contributed by atoms with Crippen LogP contribution in [-0.4, -0.2) is 32.2 Å². The van der Waals surface area contributed by atoms with Gasteiger partial charge in [-0.05, 0) is 18.6 Å². The molecule has 3 rings (SSSR count). The summed E-state index contributed by atoms with van der Waals surface area (Å²) < 4.78 is 24.9. The highest BCUT2D eigenvalue weighted by molar-refractivity contribution is 7.85. The van der Waals surface area contributed by atoms with Crippen molar-refractivity contribution < 1.29 is 17.7 Å². The molecule has 1 aromatic carbocycles. The highest BCUT2D eigenvalue weighted by Gasteiger charge is 2.44. The molecule has 0 aliphatic carbocycles. The van der Waals surface area contributed by atoms with Crippen molar-refractivity contribution in [3.05, 3.63) is 30.1 Å². The van der Waals surface area contributed by atoms with Crippen LogP contribution in [0.25, 0.3) is 11.0 Å². The molecule has 1 fully saturated rings. The average Bonchev–Trinajstić information content (AvgIpc) is 2.77. The van der Waals surface area contributed by atoms with Crippen LogP contribution < -0.4 is 9.29 Å². The quantitative estimate of drug-likeness (QED) is 0.821. The number of H-pyrrole nitrogens is 2. The van der Waals surface area contributed by atoms with E-state index in [-0.39, 0.29) is 5.92 Å². The molecule has 6 heteroatoms. The zero-order valence-electron chi connectivity index (χ0n) is 11.6. The Hall–Kier alpha value is -1.40. The predicted octanol–water partition coefficient (Wildman–Crippen LogP) is 0.0940. The number of para-hydroxylation sites is 2. The second kappa shape index (κ2) is 5.18. The summed E-state index contributed by atoms with van der Waals surface area (Å²) in [6.45, 7) is 3.34. The number of benzene rings is 1. The number of nitrogens with one attached hydrogen (secondary N) is 3. The molecule has 1 saturated heterocycles. The summed E-state index contributed by atoms with van der Waals surface area (Å²) in [7, 11) is -2.97. The summed E-state index contributed by atoms with van der Waals surface area (Å²) >= 11 is 0. The van der Waals surface area contributed by atoms with E-state index >= 15 is 0 Å². The maximum Gasteiger partial charge on any atom is 0.295 e. The molecule has 0 bridgehead atoms. The first-order valence-corrected chi connectivity index (χ1v) is 8.83. The smallest absolute Gasteiger partial charge is 0.240 e. The summed E-state index contributed by atoms with van der Waals surface area (Å²) in [5.74, 6) is 1.64. The largest absolute Gasteiger partial charge is 0.295 e. The van der Waals surface area contributed by atoms with Gasteiger partial charge in [-0.15, -0.1) is 0 Å². The summed E-state index contributed by atoms with van der Waals surface area (Å²) in [5, 5.41) is 0. The van der Waals surface area contributed by atoms with Crippen molar-refractivity contribution in [1.82, 2.24) is 4.98 Å². The molecule has 0 amide bonds. The Balaban J connectivity index is 1.68. The van der Waals surface area contributed by atoms with E-state index in [1.165, 1.54) is 0 Å². The second-order valence-corrected chi connectivity index (χ2v) is 7.74. The van der Waals surface area contributed by atoms with Gasteiger partial charge in [-0.1, -0.05) is 25.5 Å². The molecule has 1 aromatic heterocycles. The monoisotopic (exact) mass is 295 g/mol. The summed E-state index contributed by atoms with van der Waals surface area (Å²) in [6, 6.07) is 8.03. The van der Waals surface area contributed by atoms with Crippen molar-refractivity contribution >= 4 is 21.1 Å². The van der Waals surface area contributed by atoms with Crippen LogP contribution in [0, 0.1) is 0 Å². The van der Waals surface area contributed by atoms with Crippen LogP contribution in [0.5, 0.6) is 0 Å². The lowest BCUT2D eigenvalue weighted by atomic mass is 10.0. The van der Waals surface area contributed by atoms with Gasteiger partial charge in [0.25, 0.3) is 15.8 Å². The van der Waals surface area contributed by atoms with Crippen molar-refractivity contribution in [2.75, 3.05) is 18.8 Å². The fraction of sp³-hybridized carbons (Fsp3) is 0.500. The van der Waals surface area contributed by atoms with E-state index in [1.807, 2.05) is 31.2 Å². The Kier molecular flexibility index (Phi) is 3.52. The molecule has 2 aromatic rings. The Morgan fingerprint density at radius 2 is 2.10 bits per heavy atom. The van der Waals surface area contributed by atoms with Crippen LogP contribution in [0.15, 0.2) is 24.3 Å². The molecule has 5 nitrogen and oxygen atoms in total. The molecule has 3 N–H and O–H groups in total. The van der Waals surface area contributed by atoms with Crippen molar-refractivity contribution in [2.24, 2.45) is 0 Å². The number of aromatic nitrogens is 2. The maximum absolute atomic E-state index is 12.1. The molecule has 0 saturated carbocycles. The highest BCUT2D eigenvalue weighted by atomic mass is 32.2. The lowest BCUT2D eigenvalue weighted by Crippen LogP contribution is -3.21. The molecule has 1 aliphatic rings. The minimum Gasteiger partial charge on any atom is -0.240 e. The van der Waals surface area contributed by atoms with Gasteiger partial charge in [-0.3, -0.25) is 0 Å². The molecule has 108 valence electrons. The van der Waals surface area contributed by atoms with E-state index in [4.69, 9.17) is 0 Å². The number of quaternary nitrogens is 1. The number of rotatable bonds is 5. The van der Waals surface area contributed by atoms with Gasteiger partial charge in [0.1, 0.15) is 18.8 Å². The van der Waals surface area contributed by atoms with E-state index < -0.39 is 10.0 Å². The number of aromatic amines is 2. The number of hydrogen-bond acceptors (Lipinski definition) is 2. The molecular weight excluding hydrogens is 274 g/mol. The third-order valence-corrected chi connectivity index (χ3v) is 6.07. The van der Waals surface area contributed by atoms with E-state index in [9.17, 15) is 8.42 Å². The Labute approximate surface area is 119 Å². The summed E-state index contributed by atoms with van der Waals surface area (Å²) in [4.78, 5) is 6.70. The zero-order valence-corrected chi connectivity index (χ0v) is 12.5. The zero-order chi connectivity index (χ0) is 14.2. The SMILES string of the molecule is CCCCS(=O)(=O)[NH+]1CC(c2[nH]c3ccccc3[nH+]2)C1. The third kappa shape index (κ3) is 2.45. The Bertz CT molecular complexity index is 669. The second-order valence-electron chi connectivity index (χ2n) is 5.53. The van der Waals surface area contributed by atoms with Gasteiger partial charge in [0.05, 0.1) is 0 Å². The first-order valence-electron chi connectivity index (χ1n) is 7.17. The van der Waals surface area contributed by atoms with Crippen LogP contribution in [0.1, 0.15) is 31.5 Å². The van der Waals surface area contributed by atoms with E-state index in [1.54, 1.807) is 0 Å². The van der Waals surface area contributed by atoms with E-state index in [0.29, 0.717) is 18.8 Å². The first-order chi connectivity index (χ1) is 9.60. The standard InChI is InChI=1S/C14H19N3O2S/c1-2-3-8-20(18,19)17-9-11(10-17)14-15-12-6-4-5-7-13(12)16-14/h4-7,11H,2-3,8-10H2,1H3,(H,15,16)/p+2. The molecule has 20 heavy (non-hydrogen) atoms. The topological polar surface area (TPSA) is 68.5 Å². The lowest BCUT2D eigenvalue weighted by molar-refractivity contribution is -0.821.